The summed E-state index contributed by atoms with van der Waals surface area (Å²) in [5, 5.41) is 1.83. The van der Waals surface area contributed by atoms with E-state index in [1.54, 1.807) is 0 Å². The third-order valence-corrected chi connectivity index (χ3v) is 11.3. The molecule has 8 aromatic rings. The average Bonchev–Trinajstić information content (AvgIpc) is 4.00. The Kier molecular flexibility index (Phi) is 9.30. The van der Waals surface area contributed by atoms with E-state index in [4.69, 9.17) is 39.4 Å². The van der Waals surface area contributed by atoms with Gasteiger partial charge in [0.2, 0.25) is 0 Å². The summed E-state index contributed by atoms with van der Waals surface area (Å²) in [6.45, 7) is 0. The first-order chi connectivity index (χ1) is 29.2. The molecule has 0 atom stereocenters. The molecule has 3 aromatic heterocycles. The van der Waals surface area contributed by atoms with Crippen molar-refractivity contribution < 1.29 is 27.3 Å². The zero-order chi connectivity index (χ0) is 40.9. The molecule has 60 heavy (non-hydrogen) atoms. The monoisotopic (exact) mass is 835 g/mol. The van der Waals surface area contributed by atoms with E-state index in [-0.39, 0.29) is 0 Å². The first kappa shape index (κ1) is 36.9. The molecule has 0 aliphatic carbocycles. The number of hydrogen-bond acceptors (Lipinski definition) is 10. The quantitative estimate of drug-likeness (QED) is 0.0869. The minimum atomic E-state index is 0.414. The van der Waals surface area contributed by atoms with Crippen LogP contribution in [-0.4, -0.2) is 72.4 Å². The van der Waals surface area contributed by atoms with E-state index in [1.165, 1.54) is 0 Å². The number of rotatable bonds is 8. The van der Waals surface area contributed by atoms with E-state index in [9.17, 15) is 0 Å². The molecule has 0 saturated heterocycles. The Morgan fingerprint density at radius 3 is 1.52 bits per heavy atom. The molecular weight excluding hydrogens is 802 g/mol. The predicted octanol–water partition coefficient (Wildman–Crippen LogP) is 8.82. The Morgan fingerprint density at radius 2 is 1.00 bits per heavy atom. The van der Waals surface area contributed by atoms with Gasteiger partial charge >= 0.3 is 326 Å². The van der Waals surface area contributed by atoms with E-state index in [1.807, 2.05) is 165 Å². The van der Waals surface area contributed by atoms with Crippen molar-refractivity contribution in [2.45, 2.75) is 0 Å². The van der Waals surface area contributed by atoms with Gasteiger partial charge in [0.1, 0.15) is 0 Å². The first-order valence-corrected chi connectivity index (χ1v) is 20.8. The molecule has 2 aliphatic heterocycles. The van der Waals surface area contributed by atoms with Gasteiger partial charge in [-0.25, -0.2) is 0 Å². The maximum absolute atomic E-state index is 6.72. The molecule has 0 fully saturated rings. The Hall–Kier alpha value is -7.37. The van der Waals surface area contributed by atoms with E-state index in [0.29, 0.717) is 90.9 Å². The van der Waals surface area contributed by atoms with Gasteiger partial charge in [-0.05, 0) is 0 Å². The van der Waals surface area contributed by atoms with Crippen molar-refractivity contribution in [2.75, 3.05) is 38.0 Å². The van der Waals surface area contributed by atoms with Crippen molar-refractivity contribution in [1.82, 2.24) is 39.9 Å². The molecule has 12 nitrogen and oxygen atoms in total. The van der Waals surface area contributed by atoms with Gasteiger partial charge in [0.15, 0.2) is 0 Å². The van der Waals surface area contributed by atoms with Gasteiger partial charge in [0.25, 0.3) is 0 Å². The molecule has 2 aliphatic rings. The number of aromatic amines is 2. The first-order valence-electron chi connectivity index (χ1n) is 19.3. The molecule has 0 saturated carbocycles. The van der Waals surface area contributed by atoms with Crippen LogP contribution >= 0.6 is 0 Å². The summed E-state index contributed by atoms with van der Waals surface area (Å²) in [4.78, 5) is 41.4. The van der Waals surface area contributed by atoms with Crippen LogP contribution in [-0.2, 0) is 17.9 Å². The Balaban J connectivity index is 1.23. The van der Waals surface area contributed by atoms with E-state index in [0.717, 1.165) is 44.4 Å². The fourth-order valence-electron chi connectivity index (χ4n) is 7.19. The van der Waals surface area contributed by atoms with Crippen LogP contribution in [0.2, 0.25) is 0 Å². The molecule has 10 rings (SSSR count). The summed E-state index contributed by atoms with van der Waals surface area (Å²) in [6.07, 6.45) is 1.89. The fourth-order valence-corrected chi connectivity index (χ4v) is 7.90. The molecular formula is C47H35N10O2Zn-. The van der Waals surface area contributed by atoms with Crippen molar-refractivity contribution in [3.05, 3.63) is 139 Å². The van der Waals surface area contributed by atoms with E-state index < -0.39 is 0 Å². The summed E-state index contributed by atoms with van der Waals surface area (Å²) < 4.78 is 13.9. The summed E-state index contributed by atoms with van der Waals surface area (Å²) >= 11 is 0.643. The summed E-state index contributed by atoms with van der Waals surface area (Å²) in [7, 11) is 8.00. The van der Waals surface area contributed by atoms with Gasteiger partial charge in [0, 0.05) is 5.39 Å². The van der Waals surface area contributed by atoms with Gasteiger partial charge in [-0.1, -0.05) is 24.3 Å². The third kappa shape index (κ3) is 6.98. The maximum atomic E-state index is 6.72. The summed E-state index contributed by atoms with van der Waals surface area (Å²) in [5.74, 6) is 3.87. The average molecular weight is 837 g/mol. The normalized spacial score (nSPS) is 11.9. The van der Waals surface area contributed by atoms with Crippen LogP contribution in [0.15, 0.2) is 127 Å². The van der Waals surface area contributed by atoms with Crippen LogP contribution in [0.4, 0.5) is 11.4 Å². The Morgan fingerprint density at radius 1 is 0.533 bits per heavy atom. The molecule has 0 unspecified atom stereocenters. The number of hydrogen-bond donors (Lipinski definition) is 2. The molecule has 288 valence electrons. The number of fused-ring (bicyclic) bond motifs is 17. The van der Waals surface area contributed by atoms with Crippen molar-refractivity contribution >= 4 is 55.1 Å². The molecule has 0 amide bonds. The van der Waals surface area contributed by atoms with Crippen molar-refractivity contribution in [1.29, 1.82) is 0 Å². The Bertz CT molecular complexity index is 3220. The molecule has 0 spiro atoms. The van der Waals surface area contributed by atoms with Crippen molar-refractivity contribution in [2.24, 2.45) is 0 Å². The number of H-pyrrole nitrogens is 2. The van der Waals surface area contributed by atoms with Crippen LogP contribution in [0.1, 0.15) is 5.56 Å². The zero-order valence-corrected chi connectivity index (χ0v) is 36.2. The predicted molar refractivity (Wildman–Crippen MR) is 233 cm³/mol. The van der Waals surface area contributed by atoms with E-state index >= 15 is 0 Å². The van der Waals surface area contributed by atoms with E-state index in [2.05, 4.69) is 16.0 Å². The Labute approximate surface area is 354 Å². The summed E-state index contributed by atoms with van der Waals surface area (Å²) in [6, 6.07) is 43.3. The van der Waals surface area contributed by atoms with Crippen LogP contribution < -0.4 is 19.3 Å². The topological polar surface area (TPSA) is 134 Å². The summed E-state index contributed by atoms with van der Waals surface area (Å²) in [5.41, 5.74) is 8.16. The van der Waals surface area contributed by atoms with Gasteiger partial charge in [0.05, 0.1) is 0 Å². The van der Waals surface area contributed by atoms with Crippen molar-refractivity contribution in [3.8, 4) is 57.1 Å². The molecule has 0 radical (unpaired) electrons. The number of aromatic nitrogens is 8. The van der Waals surface area contributed by atoms with Crippen molar-refractivity contribution in [3.63, 3.8) is 0 Å². The van der Waals surface area contributed by atoms with Gasteiger partial charge in [-0.3, -0.25) is 0 Å². The number of benzene rings is 5. The molecule has 13 heteroatoms. The standard InChI is InChI=1S/C47H35N10O2.Zn/c1-56(2)29-13-11-15-31(25-29)58-27-33(59-32-16-12-14-30(26-32)57(3)4)23-28-24-40-48-41(28)50-43-36-19-7-8-20-37(36)45(52-43)54-47-39-22-10-9-21-38(39)46(55-47)53-44-35-18-6-5-17-34(35)42(49-40)51-44;/h5-23,25-26H,1-4H3,(H2,48,49,50,51,52,53,54,55);/q-1;/b33-23+;. The SMILES string of the molecule is CN(C)c1cccc(O[C](=[Zn])/C(=C\c2[c-]c3nc4nc(nc5[nH]c(nc6nc(nc2[nH]3)-c2ccccc2-6)c2ccccc52)-c2ccccc2-4)Oc2cccc(N(C)C)c2)c1. The zero-order valence-electron chi connectivity index (χ0n) is 33.2. The van der Waals surface area contributed by atoms with Gasteiger partial charge < -0.3 is 0 Å². The number of ether oxygens (including phenoxy) is 2. The van der Waals surface area contributed by atoms with Crippen LogP contribution in [0, 0.1) is 6.07 Å². The fraction of sp³-hybridized carbons (Fsp3) is 0.0851. The number of anilines is 2. The van der Waals surface area contributed by atoms with Crippen LogP contribution in [0.5, 0.6) is 11.5 Å². The third-order valence-electron chi connectivity index (χ3n) is 10.2. The minimum absolute atomic E-state index is 0.414. The molecule has 8 bridgehead atoms. The second-order valence-electron chi connectivity index (χ2n) is 14.7. The van der Waals surface area contributed by atoms with Crippen LogP contribution in [0.3, 0.4) is 0 Å². The second-order valence-corrected chi connectivity index (χ2v) is 16.1. The number of nitrogens with one attached hydrogen (secondary N) is 2. The molecule has 5 heterocycles. The molecule has 5 aromatic carbocycles. The second kappa shape index (κ2) is 15.1. The van der Waals surface area contributed by atoms with Crippen LogP contribution in [0.25, 0.3) is 85.0 Å². The van der Waals surface area contributed by atoms with Gasteiger partial charge in [-0.15, -0.1) is 0 Å². The molecule has 2 N–H and O–H groups in total. The van der Waals surface area contributed by atoms with Gasteiger partial charge in [-0.2, -0.15) is 0 Å². The number of nitrogens with zero attached hydrogens (tertiary/aromatic N) is 8.